The second kappa shape index (κ2) is 11.3. The molecule has 4 aromatic rings. The minimum Gasteiger partial charge on any atom is -0.490 e. The summed E-state index contributed by atoms with van der Waals surface area (Å²) in [6, 6.07) is 4.53. The van der Waals surface area contributed by atoms with Gasteiger partial charge in [0.1, 0.15) is 47.0 Å². The van der Waals surface area contributed by atoms with Crippen LogP contribution in [0, 0.1) is 23.0 Å². The summed E-state index contributed by atoms with van der Waals surface area (Å²) in [5, 5.41) is 9.63. The fraction of sp³-hybridized carbons (Fsp3) is 0.185. The van der Waals surface area contributed by atoms with Crippen molar-refractivity contribution in [1.29, 1.82) is 5.26 Å². The Morgan fingerprint density at radius 2 is 2.05 bits per heavy atom. The predicted molar refractivity (Wildman–Crippen MR) is 151 cm³/mol. The number of nitrogen functional groups attached to an aromatic ring is 1. The molecule has 4 N–H and O–H groups in total. The first kappa shape index (κ1) is 29.9. The SMILES string of the molecule is C=C(N)Sc1c(F)ccc(-c2c(C(F)(F)F)c3c4c(nc(OC)nc4c2F)N(Cc2cc(Cl)cnc2N)CCO3)c1C#N. The van der Waals surface area contributed by atoms with Crippen molar-refractivity contribution < 1.29 is 31.4 Å². The van der Waals surface area contributed by atoms with E-state index in [0.29, 0.717) is 17.3 Å². The van der Waals surface area contributed by atoms with Crippen molar-refractivity contribution in [2.45, 2.75) is 17.6 Å². The molecule has 9 nitrogen and oxygen atoms in total. The number of pyridine rings is 1. The number of nitriles is 1. The van der Waals surface area contributed by atoms with Crippen molar-refractivity contribution in [1.82, 2.24) is 15.0 Å². The zero-order valence-electron chi connectivity index (χ0n) is 22.0. The van der Waals surface area contributed by atoms with E-state index in [2.05, 4.69) is 21.5 Å². The van der Waals surface area contributed by atoms with Crippen LogP contribution in [0.2, 0.25) is 5.02 Å². The van der Waals surface area contributed by atoms with Gasteiger partial charge in [-0.05, 0) is 18.2 Å². The van der Waals surface area contributed by atoms with Gasteiger partial charge in [0.15, 0.2) is 5.82 Å². The molecule has 3 heterocycles. The zero-order chi connectivity index (χ0) is 31.2. The number of halogens is 6. The molecule has 0 radical (unpaired) electrons. The molecule has 0 amide bonds. The molecule has 43 heavy (non-hydrogen) atoms. The molecular weight excluding hydrogens is 617 g/mol. The van der Waals surface area contributed by atoms with Gasteiger partial charge >= 0.3 is 12.2 Å². The van der Waals surface area contributed by atoms with Crippen LogP contribution in [-0.2, 0) is 12.7 Å². The summed E-state index contributed by atoms with van der Waals surface area (Å²) in [7, 11) is 1.20. The Morgan fingerprint density at radius 1 is 1.30 bits per heavy atom. The van der Waals surface area contributed by atoms with Crippen LogP contribution in [0.4, 0.5) is 33.6 Å². The molecule has 1 aliphatic heterocycles. The highest BCUT2D eigenvalue weighted by Gasteiger charge is 2.44. The largest absolute Gasteiger partial charge is 0.490 e. The number of methoxy groups -OCH3 is 1. The molecule has 16 heteroatoms. The molecule has 5 rings (SSSR count). The van der Waals surface area contributed by atoms with E-state index in [1.165, 1.54) is 24.3 Å². The maximum Gasteiger partial charge on any atom is 0.420 e. The predicted octanol–water partition coefficient (Wildman–Crippen LogP) is 6.03. The van der Waals surface area contributed by atoms with Crippen LogP contribution >= 0.6 is 23.4 Å². The van der Waals surface area contributed by atoms with Crippen molar-refractivity contribution in [2.75, 3.05) is 30.9 Å². The number of hydrogen-bond donors (Lipinski definition) is 2. The van der Waals surface area contributed by atoms with Crippen molar-refractivity contribution in [3.63, 3.8) is 0 Å². The van der Waals surface area contributed by atoms with Crippen LogP contribution in [0.1, 0.15) is 16.7 Å². The second-order valence-corrected chi connectivity index (χ2v) is 10.7. The summed E-state index contributed by atoms with van der Waals surface area (Å²) < 4.78 is 86.9. The quantitative estimate of drug-likeness (QED) is 0.191. The van der Waals surface area contributed by atoms with Gasteiger partial charge in [0.25, 0.3) is 0 Å². The number of ether oxygens (including phenoxy) is 2. The molecule has 0 saturated carbocycles. The lowest BCUT2D eigenvalue weighted by Crippen LogP contribution is -2.28. The minimum absolute atomic E-state index is 0.0243. The van der Waals surface area contributed by atoms with Crippen LogP contribution in [-0.4, -0.2) is 35.2 Å². The number of aromatic nitrogens is 3. The van der Waals surface area contributed by atoms with E-state index in [9.17, 15) is 22.8 Å². The van der Waals surface area contributed by atoms with Crippen molar-refractivity contribution in [3.05, 3.63) is 69.4 Å². The molecule has 0 fully saturated rings. The van der Waals surface area contributed by atoms with Crippen molar-refractivity contribution >= 4 is 45.9 Å². The summed E-state index contributed by atoms with van der Waals surface area (Å²) >= 11 is 6.59. The van der Waals surface area contributed by atoms with E-state index in [-0.39, 0.29) is 47.4 Å². The highest BCUT2D eigenvalue weighted by atomic mass is 35.5. The van der Waals surface area contributed by atoms with E-state index in [4.69, 9.17) is 32.5 Å². The van der Waals surface area contributed by atoms with Crippen LogP contribution in [0.5, 0.6) is 11.8 Å². The van der Waals surface area contributed by atoms with Crippen LogP contribution < -0.4 is 25.8 Å². The highest BCUT2D eigenvalue weighted by molar-refractivity contribution is 8.03. The standard InChI is InChI=1S/C27H19ClF5N7O2S/c1-11(35)43-23-15(8-34)14(3-4-16(23)29)17-19(27(31,32)33)22-18-21(20(17)30)38-26(41-2)39-25(18)40(5-6-42-22)10-12-7-13(28)9-37-24(12)36/h3-4,7,9H,1,5-6,10,35H2,2H3,(H2,36,37). The van der Waals surface area contributed by atoms with Gasteiger partial charge in [0.2, 0.25) is 0 Å². The smallest absolute Gasteiger partial charge is 0.420 e. The van der Waals surface area contributed by atoms with Crippen LogP contribution in [0.3, 0.4) is 0 Å². The molecule has 0 spiro atoms. The lowest BCUT2D eigenvalue weighted by molar-refractivity contribution is -0.138. The summed E-state index contributed by atoms with van der Waals surface area (Å²) in [5.74, 6) is -3.23. The van der Waals surface area contributed by atoms with Crippen LogP contribution in [0.15, 0.2) is 40.9 Å². The third-order valence-electron chi connectivity index (χ3n) is 6.43. The van der Waals surface area contributed by atoms with Crippen molar-refractivity contribution in [2.24, 2.45) is 5.73 Å². The van der Waals surface area contributed by atoms with Gasteiger partial charge in [-0.3, -0.25) is 0 Å². The molecule has 2 aromatic heterocycles. The topological polar surface area (TPSA) is 136 Å². The molecule has 0 saturated heterocycles. The summed E-state index contributed by atoms with van der Waals surface area (Å²) in [5.41, 5.74) is 7.66. The van der Waals surface area contributed by atoms with E-state index in [1.807, 2.05) is 0 Å². The van der Waals surface area contributed by atoms with E-state index < -0.39 is 61.6 Å². The number of nitrogens with two attached hydrogens (primary N) is 2. The number of anilines is 2. The average molecular weight is 636 g/mol. The molecule has 0 unspecified atom stereocenters. The molecule has 222 valence electrons. The van der Waals surface area contributed by atoms with E-state index >= 15 is 4.39 Å². The third kappa shape index (κ3) is 5.39. The molecule has 2 aromatic carbocycles. The number of benzene rings is 2. The Balaban J connectivity index is 1.88. The number of hydrogen-bond acceptors (Lipinski definition) is 10. The van der Waals surface area contributed by atoms with Gasteiger partial charge in [-0.15, -0.1) is 0 Å². The van der Waals surface area contributed by atoms with E-state index in [1.54, 1.807) is 6.07 Å². The lowest BCUT2D eigenvalue weighted by atomic mass is 9.92. The molecule has 1 aliphatic rings. The monoisotopic (exact) mass is 635 g/mol. The fourth-order valence-corrected chi connectivity index (χ4v) is 5.57. The first-order chi connectivity index (χ1) is 20.3. The summed E-state index contributed by atoms with van der Waals surface area (Å²) in [6.45, 7) is 3.07. The Labute approximate surface area is 249 Å². The minimum atomic E-state index is -5.22. The first-order valence-electron chi connectivity index (χ1n) is 12.2. The lowest BCUT2D eigenvalue weighted by Gasteiger charge is -2.24. The molecule has 0 aliphatic carbocycles. The first-order valence-corrected chi connectivity index (χ1v) is 13.4. The second-order valence-electron chi connectivity index (χ2n) is 9.10. The Kier molecular flexibility index (Phi) is 7.84. The Bertz CT molecular complexity index is 1850. The van der Waals surface area contributed by atoms with Crippen LogP contribution in [0.25, 0.3) is 22.0 Å². The Morgan fingerprint density at radius 3 is 2.70 bits per heavy atom. The van der Waals surface area contributed by atoms with E-state index in [0.717, 1.165) is 12.1 Å². The number of nitrogens with zero attached hydrogens (tertiary/aromatic N) is 5. The number of rotatable bonds is 6. The molecule has 0 bridgehead atoms. The normalized spacial score (nSPS) is 12.9. The average Bonchev–Trinajstić information content (AvgIpc) is 3.12. The number of thioether (sulfide) groups is 1. The third-order valence-corrected chi connectivity index (χ3v) is 7.50. The highest BCUT2D eigenvalue weighted by Crippen LogP contribution is 2.52. The van der Waals surface area contributed by atoms with Gasteiger partial charge in [0, 0.05) is 29.4 Å². The van der Waals surface area contributed by atoms with Gasteiger partial charge in [0.05, 0.1) is 39.6 Å². The van der Waals surface area contributed by atoms with Crippen molar-refractivity contribution in [3.8, 4) is 29.0 Å². The van der Waals surface area contributed by atoms with Gasteiger partial charge in [-0.1, -0.05) is 29.9 Å². The van der Waals surface area contributed by atoms with Gasteiger partial charge in [-0.25, -0.2) is 13.8 Å². The Hall–Kier alpha value is -4.55. The summed E-state index contributed by atoms with van der Waals surface area (Å²) in [4.78, 5) is 13.4. The maximum absolute atomic E-state index is 16.6. The van der Waals surface area contributed by atoms with Gasteiger partial charge in [-0.2, -0.15) is 28.4 Å². The molecule has 0 atom stereocenters. The number of alkyl halides is 3. The zero-order valence-corrected chi connectivity index (χ0v) is 23.6. The maximum atomic E-state index is 16.6. The molecular formula is C27H19ClF5N7O2S. The van der Waals surface area contributed by atoms with Gasteiger partial charge < -0.3 is 25.8 Å². The fourth-order valence-electron chi connectivity index (χ4n) is 4.70. The summed E-state index contributed by atoms with van der Waals surface area (Å²) in [6.07, 6.45) is -3.89.